The third kappa shape index (κ3) is 7.04. The Bertz CT molecular complexity index is 665. The Balaban J connectivity index is 2.04. The van der Waals surface area contributed by atoms with Gasteiger partial charge in [0, 0.05) is 12.8 Å². The van der Waals surface area contributed by atoms with Gasteiger partial charge in [-0.1, -0.05) is 66.7 Å². The minimum absolute atomic E-state index is 0.0119. The molecule has 3 nitrogen and oxygen atoms in total. The van der Waals surface area contributed by atoms with Gasteiger partial charge in [-0.2, -0.15) is 0 Å². The van der Waals surface area contributed by atoms with E-state index in [0.717, 1.165) is 24.0 Å². The molecule has 132 valence electrons. The van der Waals surface area contributed by atoms with Crippen LogP contribution in [-0.2, 0) is 17.6 Å². The molecule has 0 aliphatic rings. The van der Waals surface area contributed by atoms with E-state index in [-0.39, 0.29) is 12.2 Å². The van der Waals surface area contributed by atoms with E-state index in [1.54, 1.807) is 0 Å². The Kier molecular flexibility index (Phi) is 8.10. The van der Waals surface area contributed by atoms with Crippen LogP contribution < -0.4 is 5.73 Å². The zero-order valence-corrected chi connectivity index (χ0v) is 14.6. The van der Waals surface area contributed by atoms with Crippen LogP contribution in [0.2, 0.25) is 0 Å². The van der Waals surface area contributed by atoms with Crippen molar-refractivity contribution in [3.63, 3.8) is 0 Å². The predicted molar refractivity (Wildman–Crippen MR) is 102 cm³/mol. The number of carbonyl (C=O) groups is 1. The molecule has 1 unspecified atom stereocenters. The lowest BCUT2D eigenvalue weighted by molar-refractivity contribution is -0.117. The summed E-state index contributed by atoms with van der Waals surface area (Å²) in [7, 11) is 0. The Morgan fingerprint density at radius 1 is 1.00 bits per heavy atom. The van der Waals surface area contributed by atoms with Crippen LogP contribution in [0.3, 0.4) is 0 Å². The van der Waals surface area contributed by atoms with Crippen LogP contribution in [0.1, 0.15) is 30.4 Å². The predicted octanol–water partition coefficient (Wildman–Crippen LogP) is 3.46. The molecule has 2 rings (SSSR count). The lowest BCUT2D eigenvalue weighted by Crippen LogP contribution is -2.19. The van der Waals surface area contributed by atoms with Crippen molar-refractivity contribution in [1.82, 2.24) is 0 Å². The van der Waals surface area contributed by atoms with Gasteiger partial charge in [0.2, 0.25) is 0 Å². The molecule has 0 aromatic heterocycles. The van der Waals surface area contributed by atoms with Crippen LogP contribution in [0.4, 0.5) is 0 Å². The first-order chi connectivity index (χ1) is 12.2. The lowest BCUT2D eigenvalue weighted by Gasteiger charge is -2.11. The van der Waals surface area contributed by atoms with Crippen molar-refractivity contribution in [1.29, 1.82) is 0 Å². The van der Waals surface area contributed by atoms with E-state index >= 15 is 0 Å². The number of nitrogens with two attached hydrogens (primary N) is 1. The number of aliphatic hydroxyl groups excluding tert-OH is 1. The Morgan fingerprint density at radius 2 is 1.60 bits per heavy atom. The van der Waals surface area contributed by atoms with Crippen LogP contribution in [0, 0.1) is 0 Å². The molecule has 0 aliphatic heterocycles. The highest BCUT2D eigenvalue weighted by Gasteiger charge is 2.15. The van der Waals surface area contributed by atoms with Gasteiger partial charge in [-0.25, -0.2) is 0 Å². The molecular formula is C22H27NO2. The Morgan fingerprint density at radius 3 is 2.20 bits per heavy atom. The number of allylic oxidation sites excluding steroid dienone is 2. The smallest absolute Gasteiger partial charge is 0.161 e. The number of Topliss-reactive ketones (excluding diaryl/α,β-unsaturated/α-hetero) is 1. The maximum absolute atomic E-state index is 12.6. The van der Waals surface area contributed by atoms with Gasteiger partial charge in [-0.05, 0) is 42.5 Å². The molecule has 0 amide bonds. The number of benzene rings is 2. The summed E-state index contributed by atoms with van der Waals surface area (Å²) >= 11 is 0. The molecule has 3 N–H and O–H groups in total. The number of aryl methyl sites for hydroxylation is 1. The molecule has 0 saturated carbocycles. The highest BCUT2D eigenvalue weighted by atomic mass is 16.3. The zero-order valence-electron chi connectivity index (χ0n) is 14.6. The van der Waals surface area contributed by atoms with E-state index in [2.05, 4.69) is 12.1 Å². The van der Waals surface area contributed by atoms with Gasteiger partial charge >= 0.3 is 0 Å². The molecule has 0 bridgehead atoms. The van der Waals surface area contributed by atoms with Crippen molar-refractivity contribution < 1.29 is 9.90 Å². The van der Waals surface area contributed by atoms with Gasteiger partial charge in [-0.15, -0.1) is 0 Å². The number of carbonyl (C=O) groups excluding carboxylic acids is 1. The molecule has 0 radical (unpaired) electrons. The summed E-state index contributed by atoms with van der Waals surface area (Å²) < 4.78 is 0. The van der Waals surface area contributed by atoms with Crippen molar-refractivity contribution in [2.45, 2.75) is 38.2 Å². The lowest BCUT2D eigenvalue weighted by atomic mass is 9.95. The first-order valence-electron chi connectivity index (χ1n) is 8.87. The zero-order chi connectivity index (χ0) is 17.9. The molecule has 1 atom stereocenters. The SMILES string of the molecule is NCCC(O)CC(=O)C(=CCCc1ccccc1)Cc1ccccc1. The summed E-state index contributed by atoms with van der Waals surface area (Å²) in [4.78, 5) is 12.6. The van der Waals surface area contributed by atoms with Crippen molar-refractivity contribution >= 4 is 5.78 Å². The van der Waals surface area contributed by atoms with E-state index < -0.39 is 6.10 Å². The largest absolute Gasteiger partial charge is 0.393 e. The Hall–Kier alpha value is -2.23. The second kappa shape index (κ2) is 10.6. The number of hydrogen-bond acceptors (Lipinski definition) is 3. The van der Waals surface area contributed by atoms with E-state index in [9.17, 15) is 9.90 Å². The molecule has 2 aromatic rings. The molecule has 0 saturated heterocycles. The third-order valence-corrected chi connectivity index (χ3v) is 4.18. The number of aliphatic hydroxyl groups is 1. The first kappa shape index (κ1) is 19.1. The maximum Gasteiger partial charge on any atom is 0.161 e. The standard InChI is InChI=1S/C22H27NO2/c23-15-14-21(24)17-22(25)20(16-19-10-5-2-6-11-19)13-7-12-18-8-3-1-4-9-18/h1-6,8-11,13,21,24H,7,12,14-17,23H2. The molecule has 0 aliphatic carbocycles. The normalized spacial score (nSPS) is 12.8. The summed E-state index contributed by atoms with van der Waals surface area (Å²) in [5.74, 6) is 0.0119. The van der Waals surface area contributed by atoms with Crippen LogP contribution in [0.15, 0.2) is 72.3 Å². The van der Waals surface area contributed by atoms with Gasteiger partial charge in [0.15, 0.2) is 5.78 Å². The van der Waals surface area contributed by atoms with Crippen molar-refractivity contribution in [2.75, 3.05) is 6.54 Å². The minimum Gasteiger partial charge on any atom is -0.393 e. The van der Waals surface area contributed by atoms with Crippen molar-refractivity contribution in [3.05, 3.63) is 83.4 Å². The molecule has 2 aromatic carbocycles. The number of rotatable bonds is 10. The number of ketones is 1. The molecule has 0 fully saturated rings. The molecule has 0 heterocycles. The van der Waals surface area contributed by atoms with Crippen LogP contribution in [0.5, 0.6) is 0 Å². The summed E-state index contributed by atoms with van der Waals surface area (Å²) in [6.07, 6.45) is 4.27. The van der Waals surface area contributed by atoms with Gasteiger partial charge in [0.05, 0.1) is 6.10 Å². The number of hydrogen-bond donors (Lipinski definition) is 2. The highest BCUT2D eigenvalue weighted by molar-refractivity contribution is 5.96. The average molecular weight is 337 g/mol. The van der Waals surface area contributed by atoms with Crippen LogP contribution in [0.25, 0.3) is 0 Å². The van der Waals surface area contributed by atoms with Gasteiger partial charge in [-0.3, -0.25) is 4.79 Å². The summed E-state index contributed by atoms with van der Waals surface area (Å²) in [5, 5.41) is 9.91. The van der Waals surface area contributed by atoms with Gasteiger partial charge in [0.1, 0.15) is 0 Å². The van der Waals surface area contributed by atoms with Gasteiger partial charge in [0.25, 0.3) is 0 Å². The quantitative estimate of drug-likeness (QED) is 0.653. The van der Waals surface area contributed by atoms with Gasteiger partial charge < -0.3 is 10.8 Å². The monoisotopic (exact) mass is 337 g/mol. The van der Waals surface area contributed by atoms with E-state index in [1.807, 2.05) is 54.6 Å². The Labute approximate surface area is 150 Å². The molecule has 0 spiro atoms. The second-order valence-electron chi connectivity index (χ2n) is 6.27. The van der Waals surface area contributed by atoms with E-state index in [4.69, 9.17) is 5.73 Å². The fourth-order valence-corrected chi connectivity index (χ4v) is 2.80. The van der Waals surface area contributed by atoms with Crippen LogP contribution in [-0.4, -0.2) is 23.5 Å². The maximum atomic E-state index is 12.6. The van der Waals surface area contributed by atoms with Crippen molar-refractivity contribution in [3.8, 4) is 0 Å². The summed E-state index contributed by atoms with van der Waals surface area (Å²) in [6, 6.07) is 20.2. The third-order valence-electron chi connectivity index (χ3n) is 4.18. The topological polar surface area (TPSA) is 63.3 Å². The summed E-state index contributed by atoms with van der Waals surface area (Å²) in [5.41, 5.74) is 8.60. The van der Waals surface area contributed by atoms with E-state index in [0.29, 0.717) is 19.4 Å². The summed E-state index contributed by atoms with van der Waals surface area (Å²) in [6.45, 7) is 0.389. The molecule has 3 heteroatoms. The highest BCUT2D eigenvalue weighted by Crippen LogP contribution is 2.15. The average Bonchev–Trinajstić information content (AvgIpc) is 2.63. The second-order valence-corrected chi connectivity index (χ2v) is 6.27. The minimum atomic E-state index is -0.661. The fraction of sp³-hybridized carbons (Fsp3) is 0.318. The first-order valence-corrected chi connectivity index (χ1v) is 8.87. The van der Waals surface area contributed by atoms with E-state index in [1.165, 1.54) is 5.56 Å². The fourth-order valence-electron chi connectivity index (χ4n) is 2.80. The van der Waals surface area contributed by atoms with Crippen molar-refractivity contribution in [2.24, 2.45) is 5.73 Å². The molecule has 25 heavy (non-hydrogen) atoms. The molecular weight excluding hydrogens is 310 g/mol. The van der Waals surface area contributed by atoms with Crippen LogP contribution >= 0.6 is 0 Å².